The zero-order valence-corrected chi connectivity index (χ0v) is 11.0. The fourth-order valence-corrected chi connectivity index (χ4v) is 2.74. The maximum Gasteiger partial charge on any atom is 0.203 e. The second-order valence-electron chi connectivity index (χ2n) is 3.86. The second-order valence-corrected chi connectivity index (χ2v) is 5.51. The zero-order chi connectivity index (χ0) is 12.6. The van der Waals surface area contributed by atoms with Gasteiger partial charge in [0.2, 0.25) is 5.78 Å². The van der Waals surface area contributed by atoms with Crippen LogP contribution < -0.4 is 0 Å². The number of benzene rings is 1. The molecule has 0 bridgehead atoms. The van der Waals surface area contributed by atoms with E-state index in [-0.39, 0.29) is 11.6 Å². The molecule has 0 atom stereocenters. The Morgan fingerprint density at radius 2 is 1.94 bits per heavy atom. The highest BCUT2D eigenvalue weighted by molar-refractivity contribution is 7.18. The fraction of sp³-hybridized carbons (Fsp3) is 0.154. The summed E-state index contributed by atoms with van der Waals surface area (Å²) in [4.78, 5) is 12.8. The van der Waals surface area contributed by atoms with Gasteiger partial charge in [0, 0.05) is 5.56 Å². The number of hydrogen-bond acceptors (Lipinski definition) is 2. The molecule has 4 heteroatoms. The SMILES string of the molecule is Cc1cc(F)ccc1C(=O)c1cc(C)c(Cl)s1. The van der Waals surface area contributed by atoms with Gasteiger partial charge in [-0.05, 0) is 49.2 Å². The summed E-state index contributed by atoms with van der Waals surface area (Å²) in [6.45, 7) is 3.57. The molecule has 2 aromatic rings. The second kappa shape index (κ2) is 4.59. The van der Waals surface area contributed by atoms with E-state index < -0.39 is 0 Å². The predicted molar refractivity (Wildman–Crippen MR) is 68.6 cm³/mol. The van der Waals surface area contributed by atoms with Crippen molar-refractivity contribution in [2.75, 3.05) is 0 Å². The van der Waals surface area contributed by atoms with Crippen LogP contribution in [0.1, 0.15) is 26.4 Å². The topological polar surface area (TPSA) is 17.1 Å². The van der Waals surface area contributed by atoms with Crippen molar-refractivity contribution in [3.8, 4) is 0 Å². The summed E-state index contributed by atoms with van der Waals surface area (Å²) in [7, 11) is 0. The van der Waals surface area contributed by atoms with Crippen molar-refractivity contribution in [2.24, 2.45) is 0 Å². The molecule has 0 spiro atoms. The molecule has 1 aromatic carbocycles. The van der Waals surface area contributed by atoms with Crippen molar-refractivity contribution in [2.45, 2.75) is 13.8 Å². The van der Waals surface area contributed by atoms with Crippen molar-refractivity contribution in [3.05, 3.63) is 56.0 Å². The molecule has 1 nitrogen and oxygen atoms in total. The van der Waals surface area contributed by atoms with Gasteiger partial charge in [-0.25, -0.2) is 4.39 Å². The first-order valence-corrected chi connectivity index (χ1v) is 6.25. The van der Waals surface area contributed by atoms with Crippen molar-refractivity contribution in [1.82, 2.24) is 0 Å². The summed E-state index contributed by atoms with van der Waals surface area (Å²) < 4.78 is 13.6. The zero-order valence-electron chi connectivity index (χ0n) is 9.38. The normalized spacial score (nSPS) is 10.6. The Hall–Kier alpha value is -1.19. The molecule has 2 rings (SSSR count). The van der Waals surface area contributed by atoms with Gasteiger partial charge in [0.15, 0.2) is 0 Å². The van der Waals surface area contributed by atoms with Gasteiger partial charge in [-0.3, -0.25) is 4.79 Å². The van der Waals surface area contributed by atoms with Gasteiger partial charge in [0.05, 0.1) is 9.21 Å². The molecule has 88 valence electrons. The molecule has 0 unspecified atom stereocenters. The Morgan fingerprint density at radius 1 is 1.24 bits per heavy atom. The fourth-order valence-electron chi connectivity index (χ4n) is 1.59. The molecule has 0 aliphatic heterocycles. The third kappa shape index (κ3) is 2.40. The third-order valence-corrected chi connectivity index (χ3v) is 4.07. The predicted octanol–water partition coefficient (Wildman–Crippen LogP) is 4.39. The van der Waals surface area contributed by atoms with E-state index >= 15 is 0 Å². The van der Waals surface area contributed by atoms with Crippen molar-refractivity contribution < 1.29 is 9.18 Å². The minimum atomic E-state index is -0.334. The highest BCUT2D eigenvalue weighted by Gasteiger charge is 2.15. The van der Waals surface area contributed by atoms with Crippen molar-refractivity contribution in [3.63, 3.8) is 0 Å². The summed E-state index contributed by atoms with van der Waals surface area (Å²) in [5, 5.41) is 0. The van der Waals surface area contributed by atoms with Crippen LogP contribution in [0, 0.1) is 19.7 Å². The minimum absolute atomic E-state index is 0.109. The van der Waals surface area contributed by atoms with E-state index in [0.717, 1.165) is 5.56 Å². The number of carbonyl (C=O) groups is 1. The quantitative estimate of drug-likeness (QED) is 0.739. The molecular formula is C13H10ClFOS. The molecule has 0 radical (unpaired) electrons. The summed E-state index contributed by atoms with van der Waals surface area (Å²) in [5.74, 6) is -0.443. The highest BCUT2D eigenvalue weighted by Crippen LogP contribution is 2.29. The number of ketones is 1. The summed E-state index contributed by atoms with van der Waals surface area (Å²) in [5.41, 5.74) is 2.04. The van der Waals surface area contributed by atoms with Gasteiger partial charge in [-0.15, -0.1) is 11.3 Å². The van der Waals surface area contributed by atoms with Crippen LogP contribution in [0.3, 0.4) is 0 Å². The van der Waals surface area contributed by atoms with Crippen LogP contribution >= 0.6 is 22.9 Å². The maximum atomic E-state index is 13.0. The molecule has 0 saturated carbocycles. The van der Waals surface area contributed by atoms with Crippen molar-refractivity contribution in [1.29, 1.82) is 0 Å². The van der Waals surface area contributed by atoms with Crippen LogP contribution in [0.5, 0.6) is 0 Å². The van der Waals surface area contributed by atoms with Gasteiger partial charge < -0.3 is 0 Å². The van der Waals surface area contributed by atoms with Crippen LogP contribution in [0.4, 0.5) is 4.39 Å². The van der Waals surface area contributed by atoms with E-state index in [2.05, 4.69) is 0 Å². The third-order valence-electron chi connectivity index (χ3n) is 2.51. The molecule has 0 amide bonds. The lowest BCUT2D eigenvalue weighted by atomic mass is 10.0. The van der Waals surface area contributed by atoms with Crippen LogP contribution in [0.2, 0.25) is 4.34 Å². The maximum absolute atomic E-state index is 13.0. The first-order valence-electron chi connectivity index (χ1n) is 5.06. The molecule has 1 heterocycles. The molecule has 0 N–H and O–H groups in total. The monoisotopic (exact) mass is 268 g/mol. The average molecular weight is 269 g/mol. The van der Waals surface area contributed by atoms with E-state index in [1.165, 1.54) is 29.5 Å². The Morgan fingerprint density at radius 3 is 2.47 bits per heavy atom. The van der Waals surface area contributed by atoms with E-state index in [1.54, 1.807) is 13.0 Å². The Balaban J connectivity index is 2.43. The number of carbonyl (C=O) groups excluding carboxylic acids is 1. The van der Waals surface area contributed by atoms with E-state index in [4.69, 9.17) is 11.6 Å². The Labute approximate surface area is 108 Å². The number of thiophene rings is 1. The number of rotatable bonds is 2. The summed E-state index contributed by atoms with van der Waals surface area (Å²) >= 11 is 7.18. The molecule has 0 aliphatic carbocycles. The Bertz CT molecular complexity index is 570. The molecule has 17 heavy (non-hydrogen) atoms. The summed E-state index contributed by atoms with van der Waals surface area (Å²) in [6.07, 6.45) is 0. The van der Waals surface area contributed by atoms with Gasteiger partial charge in [-0.1, -0.05) is 11.6 Å². The van der Waals surface area contributed by atoms with Gasteiger partial charge in [-0.2, -0.15) is 0 Å². The molecule has 0 fully saturated rings. The Kier molecular flexibility index (Phi) is 3.31. The minimum Gasteiger partial charge on any atom is -0.288 e. The van der Waals surface area contributed by atoms with Crippen LogP contribution in [0.15, 0.2) is 24.3 Å². The molecule has 0 aliphatic rings. The molecule has 1 aromatic heterocycles. The van der Waals surface area contributed by atoms with Crippen molar-refractivity contribution >= 4 is 28.7 Å². The number of hydrogen-bond donors (Lipinski definition) is 0. The number of aryl methyl sites for hydroxylation is 2. The van der Waals surface area contributed by atoms with Gasteiger partial charge in [0.1, 0.15) is 5.82 Å². The van der Waals surface area contributed by atoms with E-state index in [1.807, 2.05) is 6.92 Å². The van der Waals surface area contributed by atoms with Gasteiger partial charge in [0.25, 0.3) is 0 Å². The van der Waals surface area contributed by atoms with Crippen LogP contribution in [-0.2, 0) is 0 Å². The van der Waals surface area contributed by atoms with Crippen LogP contribution in [-0.4, -0.2) is 5.78 Å². The van der Waals surface area contributed by atoms with E-state index in [9.17, 15) is 9.18 Å². The lowest BCUT2D eigenvalue weighted by Crippen LogP contribution is -2.01. The average Bonchev–Trinajstić information content (AvgIpc) is 2.58. The molecular weight excluding hydrogens is 259 g/mol. The first-order chi connectivity index (χ1) is 7.99. The van der Waals surface area contributed by atoms with Gasteiger partial charge >= 0.3 is 0 Å². The van der Waals surface area contributed by atoms with E-state index in [0.29, 0.717) is 20.3 Å². The highest BCUT2D eigenvalue weighted by atomic mass is 35.5. The molecule has 0 saturated heterocycles. The lowest BCUT2D eigenvalue weighted by molar-refractivity contribution is 0.104. The van der Waals surface area contributed by atoms with Crippen LogP contribution in [0.25, 0.3) is 0 Å². The standard InChI is InChI=1S/C13H10ClFOS/c1-7-5-9(15)3-4-10(7)12(16)11-6-8(2)13(14)17-11/h3-6H,1-2H3. The summed E-state index contributed by atoms with van der Waals surface area (Å²) in [6, 6.07) is 5.92. The lowest BCUT2D eigenvalue weighted by Gasteiger charge is -2.02. The largest absolute Gasteiger partial charge is 0.288 e. The first kappa shape index (κ1) is 12.3. The number of halogens is 2. The smallest absolute Gasteiger partial charge is 0.203 e.